The van der Waals surface area contributed by atoms with E-state index in [4.69, 9.17) is 34.8 Å². The van der Waals surface area contributed by atoms with E-state index >= 15 is 0 Å². The Hall–Kier alpha value is -1.03. The Morgan fingerprint density at radius 2 is 1.90 bits per heavy atom. The molecule has 0 aliphatic rings. The fourth-order valence-corrected chi connectivity index (χ4v) is 2.47. The summed E-state index contributed by atoms with van der Waals surface area (Å²) in [6, 6.07) is 5.20. The molecule has 0 radical (unpaired) electrons. The van der Waals surface area contributed by atoms with Crippen LogP contribution in [0.15, 0.2) is 24.4 Å². The normalized spacial score (nSPS) is 11.1. The third kappa shape index (κ3) is 3.17. The molecule has 2 rings (SSSR count). The van der Waals surface area contributed by atoms with E-state index in [1.54, 1.807) is 22.9 Å². The van der Waals surface area contributed by atoms with Gasteiger partial charge in [0.15, 0.2) is 5.78 Å². The van der Waals surface area contributed by atoms with Crippen LogP contribution in [0, 0.1) is 0 Å². The summed E-state index contributed by atoms with van der Waals surface area (Å²) >= 11 is 17.9. The second kappa shape index (κ2) is 6.17. The minimum absolute atomic E-state index is 0.0651. The van der Waals surface area contributed by atoms with Gasteiger partial charge in [-0.3, -0.25) is 9.48 Å². The zero-order valence-electron chi connectivity index (χ0n) is 11.0. The van der Waals surface area contributed by atoms with Crippen LogP contribution in [-0.2, 0) is 6.42 Å². The maximum atomic E-state index is 12.4. The van der Waals surface area contributed by atoms with Gasteiger partial charge in [-0.2, -0.15) is 5.10 Å². The lowest BCUT2D eigenvalue weighted by atomic mass is 10.1. The highest BCUT2D eigenvalue weighted by Crippen LogP contribution is 2.25. The van der Waals surface area contributed by atoms with E-state index in [0.717, 1.165) is 5.56 Å². The summed E-state index contributed by atoms with van der Waals surface area (Å²) in [7, 11) is 0. The first-order valence-electron chi connectivity index (χ1n) is 6.10. The molecule has 0 aliphatic heterocycles. The Kier molecular flexibility index (Phi) is 4.74. The maximum absolute atomic E-state index is 12.4. The molecule has 0 fully saturated rings. The van der Waals surface area contributed by atoms with Crippen molar-refractivity contribution < 1.29 is 4.79 Å². The van der Waals surface area contributed by atoms with Crippen molar-refractivity contribution in [2.45, 2.75) is 26.3 Å². The first kappa shape index (κ1) is 15.4. The van der Waals surface area contributed by atoms with E-state index < -0.39 is 0 Å². The summed E-state index contributed by atoms with van der Waals surface area (Å²) in [5, 5.41) is 5.39. The van der Waals surface area contributed by atoms with Gasteiger partial charge >= 0.3 is 0 Å². The smallest absolute Gasteiger partial charge is 0.186 e. The van der Waals surface area contributed by atoms with Gasteiger partial charge in [-0.05, 0) is 31.5 Å². The molecule has 0 unspecified atom stereocenters. The van der Waals surface area contributed by atoms with Crippen LogP contribution in [0.5, 0.6) is 0 Å². The second-order valence-corrected chi connectivity index (χ2v) is 5.95. The number of aromatic nitrogens is 2. The van der Waals surface area contributed by atoms with Crippen molar-refractivity contribution in [3.63, 3.8) is 0 Å². The van der Waals surface area contributed by atoms with E-state index in [1.807, 2.05) is 13.8 Å². The summed E-state index contributed by atoms with van der Waals surface area (Å²) in [4.78, 5) is 12.4. The van der Waals surface area contributed by atoms with Crippen molar-refractivity contribution in [2.24, 2.45) is 0 Å². The third-order valence-electron chi connectivity index (χ3n) is 2.85. The minimum Gasteiger partial charge on any atom is -0.292 e. The fourth-order valence-electron chi connectivity index (χ4n) is 1.91. The van der Waals surface area contributed by atoms with E-state index in [1.165, 1.54) is 6.20 Å². The Labute approximate surface area is 132 Å². The number of Topliss-reactive ketones (excluding diaryl/α,β-unsaturated/α-hetero) is 1. The molecule has 6 heteroatoms. The Balaban J connectivity index is 2.28. The molecular weight excluding hydrogens is 319 g/mol. The summed E-state index contributed by atoms with van der Waals surface area (Å²) < 4.78 is 1.63. The number of nitrogens with zero attached hydrogens (tertiary/aromatic N) is 2. The minimum atomic E-state index is -0.0976. The average molecular weight is 332 g/mol. The van der Waals surface area contributed by atoms with E-state index in [0.29, 0.717) is 20.8 Å². The average Bonchev–Trinajstić information content (AvgIpc) is 2.76. The fraction of sp³-hybridized carbons (Fsp3) is 0.286. The van der Waals surface area contributed by atoms with E-state index in [2.05, 4.69) is 5.10 Å². The lowest BCUT2D eigenvalue weighted by molar-refractivity contribution is 0.0981. The molecule has 1 aromatic carbocycles. The molecule has 20 heavy (non-hydrogen) atoms. The Bertz CT molecular complexity index is 650. The zero-order chi connectivity index (χ0) is 14.9. The molecule has 0 saturated carbocycles. The first-order valence-corrected chi connectivity index (χ1v) is 7.23. The lowest BCUT2D eigenvalue weighted by Gasteiger charge is -2.10. The number of carbonyl (C=O) groups excluding carboxylic acids is 1. The van der Waals surface area contributed by atoms with Crippen LogP contribution in [-0.4, -0.2) is 15.6 Å². The molecule has 0 amide bonds. The number of rotatable bonds is 4. The number of ketones is 1. The van der Waals surface area contributed by atoms with Gasteiger partial charge in [0.05, 0.1) is 21.3 Å². The molecule has 106 valence electrons. The van der Waals surface area contributed by atoms with Crippen LogP contribution in [0.4, 0.5) is 0 Å². The molecule has 0 N–H and O–H groups in total. The highest BCUT2D eigenvalue weighted by Gasteiger charge is 2.19. The number of carbonyl (C=O) groups is 1. The molecule has 0 bridgehead atoms. The van der Waals surface area contributed by atoms with Crippen molar-refractivity contribution in [3.05, 3.63) is 50.7 Å². The van der Waals surface area contributed by atoms with Gasteiger partial charge in [0.2, 0.25) is 0 Å². The monoisotopic (exact) mass is 330 g/mol. The van der Waals surface area contributed by atoms with Crippen molar-refractivity contribution in [1.29, 1.82) is 0 Å². The highest BCUT2D eigenvalue weighted by molar-refractivity contribution is 6.42. The van der Waals surface area contributed by atoms with Crippen LogP contribution >= 0.6 is 34.8 Å². The Morgan fingerprint density at radius 1 is 1.20 bits per heavy atom. The predicted octanol–water partition coefficient (Wildman–Crippen LogP) is 4.85. The molecule has 2 aromatic rings. The van der Waals surface area contributed by atoms with Crippen LogP contribution in [0.2, 0.25) is 15.1 Å². The lowest BCUT2D eigenvalue weighted by Crippen LogP contribution is -2.14. The van der Waals surface area contributed by atoms with Crippen LogP contribution in [0.25, 0.3) is 0 Å². The summed E-state index contributed by atoms with van der Waals surface area (Å²) in [5.74, 6) is -0.0976. The number of benzene rings is 1. The summed E-state index contributed by atoms with van der Waals surface area (Å²) in [5.41, 5.74) is 1.21. The molecule has 0 spiro atoms. The van der Waals surface area contributed by atoms with Crippen molar-refractivity contribution in [3.8, 4) is 0 Å². The molecule has 0 aliphatic carbocycles. The summed E-state index contributed by atoms with van der Waals surface area (Å²) in [6.07, 6.45) is 1.69. The van der Waals surface area contributed by atoms with Crippen molar-refractivity contribution in [2.75, 3.05) is 0 Å². The molecular formula is C14H13Cl3N2O. The quantitative estimate of drug-likeness (QED) is 0.751. The van der Waals surface area contributed by atoms with Gasteiger partial charge in [-0.25, -0.2) is 0 Å². The van der Waals surface area contributed by atoms with Gasteiger partial charge in [0, 0.05) is 12.5 Å². The largest absolute Gasteiger partial charge is 0.292 e. The molecule has 1 aromatic heterocycles. The highest BCUT2D eigenvalue weighted by atomic mass is 35.5. The third-order valence-corrected chi connectivity index (χ3v) is 3.87. The van der Waals surface area contributed by atoms with E-state index in [-0.39, 0.29) is 18.2 Å². The number of hydrogen-bond acceptors (Lipinski definition) is 2. The van der Waals surface area contributed by atoms with Gasteiger partial charge in [-0.15, -0.1) is 0 Å². The van der Waals surface area contributed by atoms with Crippen molar-refractivity contribution in [1.82, 2.24) is 9.78 Å². The SMILES string of the molecule is CC(C)n1ncc(Cl)c1C(=O)Cc1ccc(Cl)c(Cl)c1. The molecule has 0 saturated heterocycles. The standard InChI is InChI=1S/C14H13Cl3N2O/c1-8(2)19-14(12(17)7-18-19)13(20)6-9-3-4-10(15)11(16)5-9/h3-5,7-8H,6H2,1-2H3. The molecule has 0 atom stereocenters. The maximum Gasteiger partial charge on any atom is 0.186 e. The van der Waals surface area contributed by atoms with Crippen LogP contribution in [0.1, 0.15) is 35.9 Å². The van der Waals surface area contributed by atoms with E-state index in [9.17, 15) is 4.79 Å². The molecule has 1 heterocycles. The summed E-state index contributed by atoms with van der Waals surface area (Å²) in [6.45, 7) is 3.89. The van der Waals surface area contributed by atoms with Crippen LogP contribution < -0.4 is 0 Å². The topological polar surface area (TPSA) is 34.9 Å². The van der Waals surface area contributed by atoms with Gasteiger partial charge in [0.25, 0.3) is 0 Å². The van der Waals surface area contributed by atoms with Gasteiger partial charge in [-0.1, -0.05) is 40.9 Å². The first-order chi connectivity index (χ1) is 9.40. The number of hydrogen-bond donors (Lipinski definition) is 0. The van der Waals surface area contributed by atoms with Gasteiger partial charge in [0.1, 0.15) is 5.69 Å². The number of halogens is 3. The van der Waals surface area contributed by atoms with Gasteiger partial charge < -0.3 is 0 Å². The molecule has 3 nitrogen and oxygen atoms in total. The van der Waals surface area contributed by atoms with Crippen LogP contribution in [0.3, 0.4) is 0 Å². The van der Waals surface area contributed by atoms with Crippen molar-refractivity contribution >= 4 is 40.6 Å². The second-order valence-electron chi connectivity index (χ2n) is 4.73. The zero-order valence-corrected chi connectivity index (χ0v) is 13.3. The Morgan fingerprint density at radius 3 is 2.50 bits per heavy atom. The predicted molar refractivity (Wildman–Crippen MR) is 82.1 cm³/mol.